The van der Waals surface area contributed by atoms with Crippen LogP contribution in [0.15, 0.2) is 16.7 Å². The van der Waals surface area contributed by atoms with Gasteiger partial charge in [-0.3, -0.25) is 0 Å². The summed E-state index contributed by atoms with van der Waals surface area (Å²) in [4.78, 5) is 4.83. The summed E-state index contributed by atoms with van der Waals surface area (Å²) in [6, 6.07) is 2.15. The summed E-state index contributed by atoms with van der Waals surface area (Å²) >= 11 is 3.59. The van der Waals surface area contributed by atoms with E-state index >= 15 is 0 Å². The second-order valence-electron chi connectivity index (χ2n) is 5.79. The maximum atomic E-state index is 4.83. The zero-order chi connectivity index (χ0) is 12.9. The van der Waals surface area contributed by atoms with Gasteiger partial charge in [0.2, 0.25) is 0 Å². The molecular formula is C15H19BrN2. The molecule has 3 heteroatoms. The standard InChI is InChI=1S/C15H19BrN2/c1-9(2)11-4-5-13-14(7-11)18-8-12(16)6-10(3)15(18)17-13/h6,8-9,11H,4-5,7H2,1-3H3. The van der Waals surface area contributed by atoms with Crippen LogP contribution in [0.25, 0.3) is 5.65 Å². The van der Waals surface area contributed by atoms with E-state index in [1.807, 2.05) is 0 Å². The quantitative estimate of drug-likeness (QED) is 0.773. The van der Waals surface area contributed by atoms with Gasteiger partial charge in [-0.1, -0.05) is 13.8 Å². The van der Waals surface area contributed by atoms with E-state index in [0.717, 1.165) is 28.4 Å². The van der Waals surface area contributed by atoms with Gasteiger partial charge in [0.25, 0.3) is 0 Å². The molecule has 2 aromatic heterocycles. The second-order valence-corrected chi connectivity index (χ2v) is 6.70. The number of halogens is 1. The van der Waals surface area contributed by atoms with Crippen LogP contribution in [0.2, 0.25) is 0 Å². The highest BCUT2D eigenvalue weighted by atomic mass is 79.9. The molecule has 1 aliphatic rings. The molecule has 18 heavy (non-hydrogen) atoms. The minimum atomic E-state index is 0.761. The summed E-state index contributed by atoms with van der Waals surface area (Å²) in [6.45, 7) is 6.80. The van der Waals surface area contributed by atoms with Crippen molar-refractivity contribution in [3.05, 3.63) is 33.7 Å². The molecule has 0 saturated heterocycles. The lowest BCUT2D eigenvalue weighted by Crippen LogP contribution is -2.19. The number of aromatic nitrogens is 2. The summed E-state index contributed by atoms with van der Waals surface area (Å²) in [6.07, 6.45) is 5.76. The topological polar surface area (TPSA) is 17.3 Å². The summed E-state index contributed by atoms with van der Waals surface area (Å²) in [7, 11) is 0. The van der Waals surface area contributed by atoms with Crippen LogP contribution in [0.4, 0.5) is 0 Å². The molecule has 0 N–H and O–H groups in total. The van der Waals surface area contributed by atoms with Gasteiger partial charge in [-0.2, -0.15) is 0 Å². The molecule has 0 bridgehead atoms. The van der Waals surface area contributed by atoms with Crippen molar-refractivity contribution >= 4 is 21.6 Å². The smallest absolute Gasteiger partial charge is 0.140 e. The summed E-state index contributed by atoms with van der Waals surface area (Å²) in [5, 5.41) is 0. The Labute approximate surface area is 117 Å². The van der Waals surface area contributed by atoms with Crippen LogP contribution in [0.5, 0.6) is 0 Å². The molecule has 0 saturated carbocycles. The number of nitrogens with zero attached hydrogens (tertiary/aromatic N) is 2. The molecule has 0 fully saturated rings. The van der Waals surface area contributed by atoms with E-state index in [2.05, 4.69) is 53.4 Å². The average molecular weight is 307 g/mol. The molecule has 1 aliphatic carbocycles. The minimum Gasteiger partial charge on any atom is -0.302 e. The van der Waals surface area contributed by atoms with Crippen molar-refractivity contribution in [1.82, 2.24) is 9.38 Å². The molecule has 2 aromatic rings. The molecule has 3 rings (SSSR count). The van der Waals surface area contributed by atoms with Crippen molar-refractivity contribution in [2.75, 3.05) is 0 Å². The van der Waals surface area contributed by atoms with Gasteiger partial charge in [-0.25, -0.2) is 4.98 Å². The lowest BCUT2D eigenvalue weighted by atomic mass is 9.82. The molecule has 0 aromatic carbocycles. The summed E-state index contributed by atoms with van der Waals surface area (Å²) < 4.78 is 3.43. The SMILES string of the molecule is Cc1cc(Br)cn2c3c(nc12)CCC(C(C)C)C3. The van der Waals surface area contributed by atoms with Gasteiger partial charge >= 0.3 is 0 Å². The fraction of sp³-hybridized carbons (Fsp3) is 0.533. The van der Waals surface area contributed by atoms with E-state index in [-0.39, 0.29) is 0 Å². The van der Waals surface area contributed by atoms with Gasteiger partial charge in [0, 0.05) is 16.4 Å². The highest BCUT2D eigenvalue weighted by molar-refractivity contribution is 9.10. The Balaban J connectivity index is 2.15. The van der Waals surface area contributed by atoms with Crippen LogP contribution in [0.3, 0.4) is 0 Å². The lowest BCUT2D eigenvalue weighted by molar-refractivity contribution is 0.337. The van der Waals surface area contributed by atoms with E-state index in [1.54, 1.807) is 0 Å². The Bertz CT molecular complexity index is 598. The fourth-order valence-electron chi connectivity index (χ4n) is 3.02. The van der Waals surface area contributed by atoms with E-state index < -0.39 is 0 Å². The van der Waals surface area contributed by atoms with Crippen molar-refractivity contribution < 1.29 is 0 Å². The molecule has 0 aliphatic heterocycles. The largest absolute Gasteiger partial charge is 0.302 e. The van der Waals surface area contributed by atoms with Crippen LogP contribution in [-0.4, -0.2) is 9.38 Å². The molecule has 0 spiro atoms. The van der Waals surface area contributed by atoms with Crippen LogP contribution in [-0.2, 0) is 12.8 Å². The maximum Gasteiger partial charge on any atom is 0.140 e. The van der Waals surface area contributed by atoms with E-state index in [4.69, 9.17) is 4.98 Å². The first-order valence-electron chi connectivity index (χ1n) is 6.72. The van der Waals surface area contributed by atoms with Gasteiger partial charge in [0.05, 0.1) is 5.69 Å². The van der Waals surface area contributed by atoms with Crippen molar-refractivity contribution in [3.63, 3.8) is 0 Å². The van der Waals surface area contributed by atoms with E-state index in [9.17, 15) is 0 Å². The maximum absolute atomic E-state index is 4.83. The number of imidazole rings is 1. The third-order valence-corrected chi connectivity index (χ3v) is 4.64. The van der Waals surface area contributed by atoms with Crippen LogP contribution in [0.1, 0.15) is 37.2 Å². The minimum absolute atomic E-state index is 0.761. The Morgan fingerprint density at radius 2 is 2.22 bits per heavy atom. The third kappa shape index (κ3) is 1.89. The molecular weight excluding hydrogens is 288 g/mol. The normalized spacial score (nSPS) is 19.5. The summed E-state index contributed by atoms with van der Waals surface area (Å²) in [5.74, 6) is 1.56. The van der Waals surface area contributed by atoms with Gasteiger partial charge in [-0.15, -0.1) is 0 Å². The highest BCUT2D eigenvalue weighted by Crippen LogP contribution is 2.31. The Morgan fingerprint density at radius 3 is 2.94 bits per heavy atom. The van der Waals surface area contributed by atoms with Crippen LogP contribution >= 0.6 is 15.9 Å². The van der Waals surface area contributed by atoms with Crippen LogP contribution in [0, 0.1) is 18.8 Å². The Kier molecular flexibility index (Phi) is 2.97. The predicted molar refractivity (Wildman–Crippen MR) is 78.0 cm³/mol. The molecule has 96 valence electrons. The van der Waals surface area contributed by atoms with Crippen molar-refractivity contribution in [1.29, 1.82) is 0 Å². The number of aryl methyl sites for hydroxylation is 2. The lowest BCUT2D eigenvalue weighted by Gasteiger charge is -2.25. The van der Waals surface area contributed by atoms with Gasteiger partial charge in [0.15, 0.2) is 0 Å². The molecule has 1 unspecified atom stereocenters. The summed E-state index contributed by atoms with van der Waals surface area (Å²) in [5.41, 5.74) is 5.12. The van der Waals surface area contributed by atoms with Gasteiger partial charge in [0.1, 0.15) is 5.65 Å². The molecule has 2 heterocycles. The third-order valence-electron chi connectivity index (χ3n) is 4.20. The molecule has 1 atom stereocenters. The van der Waals surface area contributed by atoms with Gasteiger partial charge in [-0.05, 0) is 65.6 Å². The average Bonchev–Trinajstić information content (AvgIpc) is 2.67. The highest BCUT2D eigenvalue weighted by Gasteiger charge is 2.25. The first-order chi connectivity index (χ1) is 8.56. The van der Waals surface area contributed by atoms with E-state index in [1.165, 1.54) is 29.8 Å². The van der Waals surface area contributed by atoms with E-state index in [0.29, 0.717) is 0 Å². The molecule has 0 amide bonds. The predicted octanol–water partition coefficient (Wildman–Crippen LogP) is 4.17. The second kappa shape index (κ2) is 4.37. The fourth-order valence-corrected chi connectivity index (χ4v) is 3.57. The van der Waals surface area contributed by atoms with Gasteiger partial charge < -0.3 is 4.40 Å². The van der Waals surface area contributed by atoms with Crippen molar-refractivity contribution in [2.45, 2.75) is 40.0 Å². The molecule has 0 radical (unpaired) electrons. The number of pyridine rings is 1. The molecule has 2 nitrogen and oxygen atoms in total. The number of hydrogen-bond acceptors (Lipinski definition) is 1. The Hall–Kier alpha value is -0.830. The number of rotatable bonds is 1. The monoisotopic (exact) mass is 306 g/mol. The van der Waals surface area contributed by atoms with Crippen molar-refractivity contribution in [2.24, 2.45) is 11.8 Å². The first-order valence-corrected chi connectivity index (χ1v) is 7.51. The Morgan fingerprint density at radius 1 is 1.44 bits per heavy atom. The number of fused-ring (bicyclic) bond motifs is 3. The van der Waals surface area contributed by atoms with Crippen molar-refractivity contribution in [3.8, 4) is 0 Å². The zero-order valence-electron chi connectivity index (χ0n) is 11.2. The first kappa shape index (κ1) is 12.2. The zero-order valence-corrected chi connectivity index (χ0v) is 12.8. The number of hydrogen-bond donors (Lipinski definition) is 0. The van der Waals surface area contributed by atoms with Crippen LogP contribution < -0.4 is 0 Å².